The minimum Gasteiger partial charge on any atom is -0.494 e. The quantitative estimate of drug-likeness (QED) is 0.874. The number of nitrogens with zero attached hydrogens (tertiary/aromatic N) is 1. The van der Waals surface area contributed by atoms with Gasteiger partial charge >= 0.3 is 0 Å². The van der Waals surface area contributed by atoms with Crippen molar-refractivity contribution in [3.05, 3.63) is 29.6 Å². The van der Waals surface area contributed by atoms with E-state index in [0.717, 1.165) is 17.0 Å². The number of hydrogen-bond donors (Lipinski definition) is 2. The highest BCUT2D eigenvalue weighted by Gasteiger charge is 2.22. The monoisotopic (exact) mass is 341 g/mol. The first-order valence-electron chi connectivity index (χ1n) is 6.69. The van der Waals surface area contributed by atoms with Crippen LogP contribution in [-0.2, 0) is 4.79 Å². The van der Waals surface area contributed by atoms with Crippen LogP contribution < -0.4 is 15.8 Å². The summed E-state index contributed by atoms with van der Waals surface area (Å²) < 4.78 is 5.40. The Bertz CT molecular complexity index is 620. The summed E-state index contributed by atoms with van der Waals surface area (Å²) in [5.41, 5.74) is 6.60. The van der Waals surface area contributed by atoms with Gasteiger partial charge in [0, 0.05) is 10.9 Å². The highest BCUT2D eigenvalue weighted by Crippen LogP contribution is 2.26. The second-order valence-electron chi connectivity index (χ2n) is 5.17. The van der Waals surface area contributed by atoms with Crippen LogP contribution in [0.25, 0.3) is 11.3 Å². The first-order chi connectivity index (χ1) is 9.90. The lowest BCUT2D eigenvalue weighted by atomic mass is 10.1. The van der Waals surface area contributed by atoms with Crippen LogP contribution in [0.4, 0.5) is 5.13 Å². The maximum Gasteiger partial charge on any atom is 0.245 e. The third-order valence-corrected chi connectivity index (χ3v) is 3.53. The zero-order valence-corrected chi connectivity index (χ0v) is 14.4. The zero-order valence-electron chi connectivity index (χ0n) is 12.8. The van der Waals surface area contributed by atoms with E-state index in [0.29, 0.717) is 11.7 Å². The number of aromatic nitrogens is 1. The molecule has 0 radical (unpaired) electrons. The number of hydrogen-bond acceptors (Lipinski definition) is 5. The van der Waals surface area contributed by atoms with E-state index in [4.69, 9.17) is 10.5 Å². The number of halogens is 1. The molecule has 0 unspecified atom stereocenters. The molecular weight excluding hydrogens is 322 g/mol. The Kier molecular flexibility index (Phi) is 6.34. The number of thiazole rings is 1. The largest absolute Gasteiger partial charge is 0.494 e. The average molecular weight is 342 g/mol. The van der Waals surface area contributed by atoms with Crippen molar-refractivity contribution in [2.45, 2.75) is 26.3 Å². The number of amides is 1. The molecule has 7 heteroatoms. The van der Waals surface area contributed by atoms with Crippen molar-refractivity contribution >= 4 is 34.8 Å². The van der Waals surface area contributed by atoms with Gasteiger partial charge in [0.25, 0.3) is 0 Å². The topological polar surface area (TPSA) is 77.2 Å². The molecule has 1 amide bonds. The number of nitrogens with two attached hydrogens (primary N) is 1. The van der Waals surface area contributed by atoms with Gasteiger partial charge < -0.3 is 15.8 Å². The van der Waals surface area contributed by atoms with Gasteiger partial charge in [-0.1, -0.05) is 0 Å². The number of ether oxygens (including phenoxy) is 1. The van der Waals surface area contributed by atoms with Gasteiger partial charge in [-0.25, -0.2) is 4.98 Å². The van der Waals surface area contributed by atoms with Gasteiger partial charge in [0.15, 0.2) is 5.13 Å². The normalized spacial score (nSPS) is 10.7. The van der Waals surface area contributed by atoms with E-state index >= 15 is 0 Å². The summed E-state index contributed by atoms with van der Waals surface area (Å²) in [5, 5.41) is 5.16. The van der Waals surface area contributed by atoms with Gasteiger partial charge in [-0.2, -0.15) is 0 Å². The summed E-state index contributed by atoms with van der Waals surface area (Å²) in [7, 11) is 0. The summed E-state index contributed by atoms with van der Waals surface area (Å²) in [5.74, 6) is 0.574. The highest BCUT2D eigenvalue weighted by atomic mass is 35.5. The van der Waals surface area contributed by atoms with E-state index in [9.17, 15) is 4.79 Å². The van der Waals surface area contributed by atoms with Crippen molar-refractivity contribution in [2.75, 3.05) is 11.9 Å². The van der Waals surface area contributed by atoms with Gasteiger partial charge in [-0.3, -0.25) is 4.79 Å². The predicted octanol–water partition coefficient (Wildman–Crippen LogP) is 3.31. The number of carbonyl (C=O) groups is 1. The Hall–Kier alpha value is -1.63. The fourth-order valence-electron chi connectivity index (χ4n) is 1.61. The maximum absolute atomic E-state index is 11.8. The number of carbonyl (C=O) groups excluding carboxylic acids is 1. The summed E-state index contributed by atoms with van der Waals surface area (Å²) in [6.07, 6.45) is 0. The molecule has 0 aliphatic rings. The third kappa shape index (κ3) is 4.69. The molecule has 0 saturated heterocycles. The summed E-state index contributed by atoms with van der Waals surface area (Å²) in [6, 6.07) is 7.69. The van der Waals surface area contributed by atoms with Crippen LogP contribution in [0.1, 0.15) is 20.8 Å². The van der Waals surface area contributed by atoms with Gasteiger partial charge in [0.05, 0.1) is 17.8 Å². The molecule has 1 aromatic heterocycles. The van der Waals surface area contributed by atoms with Crippen molar-refractivity contribution in [1.29, 1.82) is 0 Å². The fraction of sp³-hybridized carbons (Fsp3) is 0.333. The van der Waals surface area contributed by atoms with E-state index in [1.807, 2.05) is 36.6 Å². The number of rotatable bonds is 5. The lowest BCUT2D eigenvalue weighted by Gasteiger charge is -2.16. The lowest BCUT2D eigenvalue weighted by molar-refractivity contribution is -0.120. The van der Waals surface area contributed by atoms with Crippen molar-refractivity contribution < 1.29 is 9.53 Å². The zero-order chi connectivity index (χ0) is 15.5. The van der Waals surface area contributed by atoms with Crippen LogP contribution >= 0.6 is 23.7 Å². The van der Waals surface area contributed by atoms with Crippen LogP contribution in [0, 0.1) is 0 Å². The Labute approximate surface area is 140 Å². The van der Waals surface area contributed by atoms with Crippen molar-refractivity contribution in [1.82, 2.24) is 4.98 Å². The molecule has 0 aliphatic carbocycles. The molecule has 0 saturated carbocycles. The van der Waals surface area contributed by atoms with E-state index in [1.54, 1.807) is 13.8 Å². The van der Waals surface area contributed by atoms with Crippen LogP contribution in [-0.4, -0.2) is 23.0 Å². The maximum atomic E-state index is 11.8. The molecule has 22 heavy (non-hydrogen) atoms. The van der Waals surface area contributed by atoms with E-state index < -0.39 is 5.54 Å². The highest BCUT2D eigenvalue weighted by molar-refractivity contribution is 7.14. The van der Waals surface area contributed by atoms with E-state index in [1.165, 1.54) is 11.3 Å². The summed E-state index contributed by atoms with van der Waals surface area (Å²) in [4.78, 5) is 16.2. The van der Waals surface area contributed by atoms with E-state index in [2.05, 4.69) is 10.3 Å². The van der Waals surface area contributed by atoms with Gasteiger partial charge in [0.1, 0.15) is 5.75 Å². The molecule has 2 aromatic rings. The van der Waals surface area contributed by atoms with Crippen molar-refractivity contribution in [2.24, 2.45) is 5.73 Å². The molecule has 0 atom stereocenters. The van der Waals surface area contributed by atoms with Gasteiger partial charge in [-0.15, -0.1) is 23.7 Å². The molecule has 0 spiro atoms. The average Bonchev–Trinajstić information content (AvgIpc) is 2.87. The minimum atomic E-state index is -0.926. The summed E-state index contributed by atoms with van der Waals surface area (Å²) >= 11 is 1.37. The molecule has 120 valence electrons. The molecule has 3 N–H and O–H groups in total. The van der Waals surface area contributed by atoms with Crippen LogP contribution in [0.15, 0.2) is 29.6 Å². The SMILES string of the molecule is CCOc1ccc(-c2csc(NC(=O)C(C)(C)N)n2)cc1.Cl. The Morgan fingerprint density at radius 3 is 2.55 bits per heavy atom. The number of benzene rings is 1. The second kappa shape index (κ2) is 7.58. The van der Waals surface area contributed by atoms with Gasteiger partial charge in [-0.05, 0) is 45.0 Å². The molecular formula is C15H20ClN3O2S. The molecule has 0 aliphatic heterocycles. The first-order valence-corrected chi connectivity index (χ1v) is 7.57. The third-order valence-electron chi connectivity index (χ3n) is 2.77. The molecule has 1 aromatic carbocycles. The molecule has 2 rings (SSSR count). The molecule has 0 bridgehead atoms. The van der Waals surface area contributed by atoms with Crippen LogP contribution in [0.2, 0.25) is 0 Å². The van der Waals surface area contributed by atoms with Crippen molar-refractivity contribution in [3.8, 4) is 17.0 Å². The van der Waals surface area contributed by atoms with Crippen LogP contribution in [0.3, 0.4) is 0 Å². The van der Waals surface area contributed by atoms with Gasteiger partial charge in [0.2, 0.25) is 5.91 Å². The molecule has 5 nitrogen and oxygen atoms in total. The second-order valence-corrected chi connectivity index (χ2v) is 6.03. The lowest BCUT2D eigenvalue weighted by Crippen LogP contribution is -2.45. The first kappa shape index (κ1) is 18.4. The molecule has 1 heterocycles. The fourth-order valence-corrected chi connectivity index (χ4v) is 2.33. The minimum absolute atomic E-state index is 0. The Balaban J connectivity index is 0.00000242. The number of anilines is 1. The van der Waals surface area contributed by atoms with Crippen LogP contribution in [0.5, 0.6) is 5.75 Å². The summed E-state index contributed by atoms with van der Waals surface area (Å²) in [6.45, 7) is 5.90. The standard InChI is InChI=1S/C15H19N3O2S.ClH/c1-4-20-11-7-5-10(6-8-11)12-9-21-14(17-12)18-13(19)15(2,3)16;/h5-9H,4,16H2,1-3H3,(H,17,18,19);1H. The van der Waals surface area contributed by atoms with Crippen molar-refractivity contribution in [3.63, 3.8) is 0 Å². The smallest absolute Gasteiger partial charge is 0.245 e. The van der Waals surface area contributed by atoms with E-state index in [-0.39, 0.29) is 18.3 Å². The number of nitrogens with one attached hydrogen (secondary N) is 1. The Morgan fingerprint density at radius 2 is 2.00 bits per heavy atom. The Morgan fingerprint density at radius 1 is 1.36 bits per heavy atom. The molecule has 0 fully saturated rings. The predicted molar refractivity (Wildman–Crippen MR) is 92.9 cm³/mol.